The van der Waals surface area contributed by atoms with Gasteiger partial charge in [0.25, 0.3) is 0 Å². The summed E-state index contributed by atoms with van der Waals surface area (Å²) in [5, 5.41) is 20.1. The molecule has 0 aromatic carbocycles. The Kier molecular flexibility index (Phi) is 38.9. The number of hydrogen-bond acceptors (Lipinski definition) is 6. The molecule has 0 saturated carbocycles. The Labute approximate surface area is 314 Å². The molecule has 0 spiro atoms. The topological polar surface area (TPSA) is 93.1 Å². The summed E-state index contributed by atoms with van der Waals surface area (Å²) in [6.45, 7) is 4.16. The van der Waals surface area contributed by atoms with E-state index in [4.69, 9.17) is 9.47 Å². The fraction of sp³-hybridized carbons (Fsp3) is 0.778. The molecule has 0 aromatic rings. The van der Waals surface area contributed by atoms with Gasteiger partial charge in [-0.3, -0.25) is 9.59 Å². The molecule has 0 amide bonds. The van der Waals surface area contributed by atoms with Gasteiger partial charge in [0.2, 0.25) is 0 Å². The number of rotatable bonds is 38. The highest BCUT2D eigenvalue weighted by Crippen LogP contribution is 2.15. The number of carbonyl (C=O) groups excluding carboxylic acids is 2. The van der Waals surface area contributed by atoms with Crippen molar-refractivity contribution >= 4 is 11.9 Å². The molecule has 0 aliphatic rings. The minimum atomic E-state index is -1.01. The van der Waals surface area contributed by atoms with E-state index in [1.807, 2.05) is 24.3 Å². The van der Waals surface area contributed by atoms with Crippen molar-refractivity contribution in [2.24, 2.45) is 0 Å². The molecular weight excluding hydrogens is 636 g/mol. The summed E-state index contributed by atoms with van der Waals surface area (Å²) in [5.74, 6) is -0.686. The number of esters is 2. The zero-order valence-electron chi connectivity index (χ0n) is 33.2. The van der Waals surface area contributed by atoms with E-state index in [0.717, 1.165) is 32.1 Å². The van der Waals surface area contributed by atoms with Crippen LogP contribution in [-0.4, -0.2) is 47.6 Å². The minimum absolute atomic E-state index is 0.155. The first kappa shape index (κ1) is 48.8. The van der Waals surface area contributed by atoms with Crippen LogP contribution < -0.4 is 0 Å². The van der Waals surface area contributed by atoms with Gasteiger partial charge in [0.1, 0.15) is 19.3 Å². The Hall–Kier alpha value is -2.18. The smallest absolute Gasteiger partial charge is 0.305 e. The Morgan fingerprint density at radius 3 is 1.45 bits per heavy atom. The predicted molar refractivity (Wildman–Crippen MR) is 216 cm³/mol. The largest absolute Gasteiger partial charge is 0.463 e. The molecule has 51 heavy (non-hydrogen) atoms. The van der Waals surface area contributed by atoms with E-state index >= 15 is 0 Å². The van der Waals surface area contributed by atoms with Gasteiger partial charge in [-0.05, 0) is 44.9 Å². The maximum atomic E-state index is 12.0. The van der Waals surface area contributed by atoms with E-state index in [1.165, 1.54) is 122 Å². The molecule has 6 heteroatoms. The van der Waals surface area contributed by atoms with Crippen LogP contribution in [0.5, 0.6) is 0 Å². The molecule has 1 unspecified atom stereocenters. The molecular formula is C45H80O6. The van der Waals surface area contributed by atoms with E-state index in [-0.39, 0.29) is 31.6 Å². The maximum absolute atomic E-state index is 12.0. The maximum Gasteiger partial charge on any atom is 0.305 e. The van der Waals surface area contributed by atoms with Crippen molar-refractivity contribution in [2.45, 2.75) is 212 Å². The monoisotopic (exact) mass is 717 g/mol. The van der Waals surface area contributed by atoms with Crippen molar-refractivity contribution in [1.29, 1.82) is 0 Å². The van der Waals surface area contributed by atoms with Crippen molar-refractivity contribution in [3.8, 4) is 0 Å². The fourth-order valence-corrected chi connectivity index (χ4v) is 5.87. The lowest BCUT2D eigenvalue weighted by molar-refractivity contribution is -0.152. The van der Waals surface area contributed by atoms with Crippen molar-refractivity contribution in [2.75, 3.05) is 13.2 Å². The van der Waals surface area contributed by atoms with Crippen molar-refractivity contribution in [3.63, 3.8) is 0 Å². The fourth-order valence-electron chi connectivity index (χ4n) is 5.87. The second kappa shape index (κ2) is 40.6. The first-order chi connectivity index (χ1) is 25.0. The first-order valence-electron chi connectivity index (χ1n) is 21.3. The van der Waals surface area contributed by atoms with Crippen LogP contribution in [0.3, 0.4) is 0 Å². The average molecular weight is 717 g/mol. The number of carbonyl (C=O) groups is 2. The second-order valence-electron chi connectivity index (χ2n) is 14.3. The van der Waals surface area contributed by atoms with Gasteiger partial charge >= 0.3 is 11.9 Å². The lowest BCUT2D eigenvalue weighted by Gasteiger charge is -2.12. The third-order valence-electron chi connectivity index (χ3n) is 9.15. The van der Waals surface area contributed by atoms with Crippen molar-refractivity contribution in [3.05, 3.63) is 48.6 Å². The zero-order valence-corrected chi connectivity index (χ0v) is 33.2. The zero-order chi connectivity index (χ0) is 37.3. The molecule has 296 valence electrons. The van der Waals surface area contributed by atoms with Crippen LogP contribution in [0, 0.1) is 0 Å². The summed E-state index contributed by atoms with van der Waals surface area (Å²) in [5.41, 5.74) is 0. The molecule has 0 saturated heterocycles. The Balaban J connectivity index is 3.56. The average Bonchev–Trinajstić information content (AvgIpc) is 3.12. The molecule has 2 N–H and O–H groups in total. The van der Waals surface area contributed by atoms with Gasteiger partial charge in [-0.15, -0.1) is 0 Å². The number of ether oxygens (including phenoxy) is 2. The highest BCUT2D eigenvalue weighted by atomic mass is 16.6. The van der Waals surface area contributed by atoms with Gasteiger partial charge in [-0.1, -0.05) is 191 Å². The summed E-state index contributed by atoms with van der Waals surface area (Å²) in [6, 6.07) is 0. The van der Waals surface area contributed by atoms with Crippen LogP contribution in [-0.2, 0) is 19.1 Å². The van der Waals surface area contributed by atoms with Crippen molar-refractivity contribution < 1.29 is 29.3 Å². The second-order valence-corrected chi connectivity index (χ2v) is 14.3. The normalized spacial score (nSPS) is 13.3. The van der Waals surface area contributed by atoms with Crippen molar-refractivity contribution in [1.82, 2.24) is 0 Å². The van der Waals surface area contributed by atoms with Gasteiger partial charge in [0.15, 0.2) is 0 Å². The summed E-state index contributed by atoms with van der Waals surface area (Å²) in [7, 11) is 0. The summed E-state index contributed by atoms with van der Waals surface area (Å²) in [4.78, 5) is 24.0. The van der Waals surface area contributed by atoms with Gasteiger partial charge in [0.05, 0.1) is 6.10 Å². The highest BCUT2D eigenvalue weighted by Gasteiger charge is 2.12. The summed E-state index contributed by atoms with van der Waals surface area (Å²) >= 11 is 0. The van der Waals surface area contributed by atoms with E-state index < -0.39 is 12.2 Å². The molecule has 0 aliphatic heterocycles. The van der Waals surface area contributed by atoms with Crippen LogP contribution >= 0.6 is 0 Å². The molecule has 0 bridgehead atoms. The van der Waals surface area contributed by atoms with Gasteiger partial charge in [-0.2, -0.15) is 0 Å². The van der Waals surface area contributed by atoms with Crippen LogP contribution in [0.1, 0.15) is 200 Å². The lowest BCUT2D eigenvalue weighted by Crippen LogP contribution is -2.25. The Morgan fingerprint density at radius 1 is 0.490 bits per heavy atom. The number of allylic oxidation sites excluding steroid dienone is 6. The molecule has 0 heterocycles. The van der Waals surface area contributed by atoms with E-state index in [0.29, 0.717) is 25.7 Å². The van der Waals surface area contributed by atoms with Gasteiger partial charge < -0.3 is 19.7 Å². The first-order valence-corrected chi connectivity index (χ1v) is 21.3. The molecule has 0 radical (unpaired) electrons. The minimum Gasteiger partial charge on any atom is -0.463 e. The third-order valence-corrected chi connectivity index (χ3v) is 9.15. The van der Waals surface area contributed by atoms with Crippen LogP contribution in [0.4, 0.5) is 0 Å². The number of aliphatic hydroxyl groups excluding tert-OH is 2. The summed E-state index contributed by atoms with van der Waals surface area (Å²) < 4.78 is 10.3. The van der Waals surface area contributed by atoms with Crippen LogP contribution in [0.25, 0.3) is 0 Å². The van der Waals surface area contributed by atoms with Gasteiger partial charge in [0, 0.05) is 12.8 Å². The molecule has 2 atom stereocenters. The standard InChI is InChI=1S/C45H80O6/c1-3-5-7-9-11-13-14-15-16-17-18-19-20-21-22-24-26-30-34-38-44(48)50-40-43(47)41-51-45(49)39-35-31-27-29-33-37-42(46)36-32-28-25-23-12-10-8-6-4-2/h12,23,27-29,32-33,37,42-43,46-47H,3-11,13-22,24-26,30-31,34-36,38-41H2,1-2H3/b23-12-,29-27+,32-28-,37-33-/t42?,43-/m0/s1. The Bertz CT molecular complexity index is 876. The molecule has 0 fully saturated rings. The number of aliphatic hydroxyl groups is 2. The van der Waals surface area contributed by atoms with E-state index in [1.54, 1.807) is 6.08 Å². The summed E-state index contributed by atoms with van der Waals surface area (Å²) in [6.07, 6.45) is 47.7. The predicted octanol–water partition coefficient (Wildman–Crippen LogP) is 12.4. The number of hydrogen-bond donors (Lipinski definition) is 2. The molecule has 0 rings (SSSR count). The SMILES string of the molecule is CCCCC/C=C\C/C=C\CC(O)/C=C\C=C\CCCC(=O)OC[C@@H](O)COC(=O)CCCCCCCCCCCCCCCCCCCCC. The van der Waals surface area contributed by atoms with Gasteiger partial charge in [-0.25, -0.2) is 0 Å². The molecule has 6 nitrogen and oxygen atoms in total. The van der Waals surface area contributed by atoms with E-state index in [2.05, 4.69) is 32.1 Å². The molecule has 0 aliphatic carbocycles. The van der Waals surface area contributed by atoms with E-state index in [9.17, 15) is 19.8 Å². The lowest BCUT2D eigenvalue weighted by atomic mass is 10.0. The van der Waals surface area contributed by atoms with Crippen LogP contribution in [0.2, 0.25) is 0 Å². The third kappa shape index (κ3) is 40.4. The quantitative estimate of drug-likeness (QED) is 0.0286. The number of unbranched alkanes of at least 4 members (excludes halogenated alkanes) is 22. The van der Waals surface area contributed by atoms with Crippen LogP contribution in [0.15, 0.2) is 48.6 Å². The molecule has 0 aromatic heterocycles. The highest BCUT2D eigenvalue weighted by molar-refractivity contribution is 5.69. The Morgan fingerprint density at radius 2 is 0.922 bits per heavy atom.